The van der Waals surface area contributed by atoms with Gasteiger partial charge in [-0.15, -0.1) is 0 Å². The monoisotopic (exact) mass is 440 g/mol. The lowest BCUT2D eigenvalue weighted by Crippen LogP contribution is -2.21. The van der Waals surface area contributed by atoms with Gasteiger partial charge in [0.25, 0.3) is 0 Å². The van der Waals surface area contributed by atoms with E-state index in [9.17, 15) is 4.79 Å². The van der Waals surface area contributed by atoms with Crippen molar-refractivity contribution in [3.05, 3.63) is 41.7 Å². The second kappa shape index (κ2) is 11.5. The van der Waals surface area contributed by atoms with Gasteiger partial charge in [0.2, 0.25) is 0 Å². The Morgan fingerprint density at radius 1 is 1.09 bits per heavy atom. The molecule has 2 unspecified atom stereocenters. The molecule has 0 aliphatic carbocycles. The lowest BCUT2D eigenvalue weighted by atomic mass is 10.0. The average Bonchev–Trinajstić information content (AvgIpc) is 3.08. The third-order valence-electron chi connectivity index (χ3n) is 5.70. The van der Waals surface area contributed by atoms with E-state index in [4.69, 9.17) is 24.2 Å². The molecule has 2 heterocycles. The molecule has 0 spiro atoms. The summed E-state index contributed by atoms with van der Waals surface area (Å²) in [5, 5.41) is 0. The maximum Gasteiger partial charge on any atom is 0.305 e. The van der Waals surface area contributed by atoms with Gasteiger partial charge in [-0.25, -0.2) is 9.97 Å². The van der Waals surface area contributed by atoms with Crippen LogP contribution in [0, 0.1) is 0 Å². The largest absolute Gasteiger partial charge is 0.469 e. The van der Waals surface area contributed by atoms with Crippen molar-refractivity contribution in [1.29, 1.82) is 0 Å². The summed E-state index contributed by atoms with van der Waals surface area (Å²) in [6, 6.07) is 7.99. The first-order chi connectivity index (χ1) is 15.4. The van der Waals surface area contributed by atoms with Gasteiger partial charge < -0.3 is 14.2 Å². The van der Waals surface area contributed by atoms with Crippen LogP contribution in [0.4, 0.5) is 0 Å². The lowest BCUT2D eigenvalue weighted by molar-refractivity contribution is -0.144. The van der Waals surface area contributed by atoms with Crippen LogP contribution in [-0.4, -0.2) is 41.0 Å². The molecule has 0 saturated carbocycles. The molecule has 0 amide bonds. The Morgan fingerprint density at radius 2 is 1.84 bits per heavy atom. The number of carbonyl (C=O) groups is 1. The maximum absolute atomic E-state index is 11.5. The maximum atomic E-state index is 11.5. The molecule has 1 fully saturated rings. The number of hydrogen-bond acceptors (Lipinski definition) is 6. The fourth-order valence-electron chi connectivity index (χ4n) is 4.07. The van der Waals surface area contributed by atoms with Crippen molar-refractivity contribution in [2.24, 2.45) is 0 Å². The predicted molar refractivity (Wildman–Crippen MR) is 126 cm³/mol. The predicted octanol–water partition coefficient (Wildman–Crippen LogP) is 5.63. The quantitative estimate of drug-likeness (QED) is 0.333. The van der Waals surface area contributed by atoms with Crippen molar-refractivity contribution < 1.29 is 19.0 Å². The van der Waals surface area contributed by atoms with Crippen molar-refractivity contribution in [3.8, 4) is 0 Å². The Bertz CT molecular complexity index is 925. The summed E-state index contributed by atoms with van der Waals surface area (Å²) in [7, 11) is 1.41. The second-order valence-electron chi connectivity index (χ2n) is 8.82. The van der Waals surface area contributed by atoms with E-state index in [2.05, 4.69) is 6.92 Å². The highest BCUT2D eigenvalue weighted by atomic mass is 16.7. The minimum Gasteiger partial charge on any atom is -0.469 e. The number of aromatic nitrogens is 2. The average molecular weight is 441 g/mol. The molecule has 2 atom stereocenters. The highest BCUT2D eigenvalue weighted by molar-refractivity contribution is 5.75. The molecular weight excluding hydrogens is 404 g/mol. The first kappa shape index (κ1) is 24.3. The molecule has 2 aromatic rings. The number of carbonyl (C=O) groups excluding carboxylic acids is 1. The van der Waals surface area contributed by atoms with Crippen LogP contribution in [-0.2, 0) is 25.4 Å². The van der Waals surface area contributed by atoms with Gasteiger partial charge in [0.05, 0.1) is 35.6 Å². The van der Waals surface area contributed by atoms with Crippen molar-refractivity contribution in [2.45, 2.75) is 90.1 Å². The standard InChI is InChI=1S/C26H36N2O4/c1-5-6-7-8-12-21-22(28-20-14-10-9-13-19(20)27-21)17-18-24-23(31-26(2,3)32-24)15-11-16-25(29)30-4/h9-10,13-14,17-18,23-24H,5-8,11-12,15-16H2,1-4H3/b18-17+. The van der Waals surface area contributed by atoms with Crippen LogP contribution in [0.25, 0.3) is 17.1 Å². The summed E-state index contributed by atoms with van der Waals surface area (Å²) in [4.78, 5) is 21.2. The van der Waals surface area contributed by atoms with Gasteiger partial charge in [0, 0.05) is 6.42 Å². The van der Waals surface area contributed by atoms with E-state index in [1.165, 1.54) is 26.4 Å². The van der Waals surface area contributed by atoms with Crippen molar-refractivity contribution in [2.75, 3.05) is 7.11 Å². The number of rotatable bonds is 11. The highest BCUT2D eigenvalue weighted by Crippen LogP contribution is 2.32. The van der Waals surface area contributed by atoms with E-state index in [1.54, 1.807) is 0 Å². The minimum atomic E-state index is -0.664. The van der Waals surface area contributed by atoms with Gasteiger partial charge in [-0.2, -0.15) is 0 Å². The Kier molecular flexibility index (Phi) is 8.76. The van der Waals surface area contributed by atoms with Gasteiger partial charge in [-0.1, -0.05) is 44.4 Å². The molecular formula is C26H36N2O4. The van der Waals surface area contributed by atoms with Crippen LogP contribution in [0.2, 0.25) is 0 Å². The number of hydrogen-bond donors (Lipinski definition) is 0. The second-order valence-corrected chi connectivity index (χ2v) is 8.82. The van der Waals surface area contributed by atoms with Crippen LogP contribution in [0.1, 0.15) is 77.1 Å². The van der Waals surface area contributed by atoms with Crippen LogP contribution >= 0.6 is 0 Å². The third-order valence-corrected chi connectivity index (χ3v) is 5.70. The van der Waals surface area contributed by atoms with Crippen LogP contribution in [0.5, 0.6) is 0 Å². The lowest BCUT2D eigenvalue weighted by Gasteiger charge is -2.16. The topological polar surface area (TPSA) is 70.5 Å². The molecule has 0 N–H and O–H groups in total. The van der Waals surface area contributed by atoms with Gasteiger partial charge in [-0.05, 0) is 57.7 Å². The first-order valence-corrected chi connectivity index (χ1v) is 11.8. The molecule has 174 valence electrons. The number of fused-ring (bicyclic) bond motifs is 1. The van der Waals surface area contributed by atoms with E-state index in [0.29, 0.717) is 12.8 Å². The number of nitrogens with zero attached hydrogens (tertiary/aromatic N) is 2. The van der Waals surface area contributed by atoms with Crippen molar-refractivity contribution >= 4 is 23.1 Å². The van der Waals surface area contributed by atoms with E-state index in [-0.39, 0.29) is 18.2 Å². The number of unbranched alkanes of at least 4 members (excludes halogenated alkanes) is 3. The van der Waals surface area contributed by atoms with E-state index < -0.39 is 5.79 Å². The first-order valence-electron chi connectivity index (χ1n) is 11.8. The molecule has 6 nitrogen and oxygen atoms in total. The van der Waals surface area contributed by atoms with Gasteiger partial charge in [0.15, 0.2) is 5.79 Å². The zero-order chi connectivity index (χ0) is 23.0. The normalized spacial score (nSPS) is 20.2. The molecule has 6 heteroatoms. The van der Waals surface area contributed by atoms with Crippen LogP contribution in [0.15, 0.2) is 30.3 Å². The van der Waals surface area contributed by atoms with Crippen molar-refractivity contribution in [3.63, 3.8) is 0 Å². The third kappa shape index (κ3) is 6.84. The van der Waals surface area contributed by atoms with Crippen molar-refractivity contribution in [1.82, 2.24) is 9.97 Å². The Balaban J connectivity index is 1.77. The van der Waals surface area contributed by atoms with Gasteiger partial charge in [0.1, 0.15) is 6.10 Å². The zero-order valence-corrected chi connectivity index (χ0v) is 19.8. The van der Waals surface area contributed by atoms with E-state index in [1.807, 2.05) is 50.3 Å². The van der Waals surface area contributed by atoms with E-state index in [0.717, 1.165) is 41.7 Å². The van der Waals surface area contributed by atoms with E-state index >= 15 is 0 Å². The number of benzene rings is 1. The smallest absolute Gasteiger partial charge is 0.305 e. The summed E-state index contributed by atoms with van der Waals surface area (Å²) in [5.41, 5.74) is 3.73. The molecule has 1 aliphatic rings. The molecule has 0 bridgehead atoms. The summed E-state index contributed by atoms with van der Waals surface area (Å²) in [6.45, 7) is 6.06. The van der Waals surface area contributed by atoms with Gasteiger partial charge in [-0.3, -0.25) is 4.79 Å². The highest BCUT2D eigenvalue weighted by Gasteiger charge is 2.39. The number of ether oxygens (including phenoxy) is 3. The van der Waals surface area contributed by atoms with Crippen LogP contribution in [0.3, 0.4) is 0 Å². The molecule has 1 aromatic heterocycles. The fourth-order valence-corrected chi connectivity index (χ4v) is 4.07. The number of methoxy groups -OCH3 is 1. The number of aryl methyl sites for hydroxylation is 1. The van der Waals surface area contributed by atoms with Crippen LogP contribution < -0.4 is 0 Å². The number of esters is 1. The molecule has 0 radical (unpaired) electrons. The Hall–Kier alpha value is -2.31. The SMILES string of the molecule is CCCCCCc1nc2ccccc2nc1/C=C/C1OC(C)(C)OC1CCCC(=O)OC. The summed E-state index contributed by atoms with van der Waals surface area (Å²) < 4.78 is 17.0. The number of para-hydroxylation sites is 2. The molecule has 3 rings (SSSR count). The molecule has 32 heavy (non-hydrogen) atoms. The Labute approximate surface area is 191 Å². The molecule has 1 aliphatic heterocycles. The summed E-state index contributed by atoms with van der Waals surface area (Å²) in [6.07, 6.45) is 11.2. The minimum absolute atomic E-state index is 0.118. The molecule has 1 aromatic carbocycles. The summed E-state index contributed by atoms with van der Waals surface area (Å²) >= 11 is 0. The Morgan fingerprint density at radius 3 is 2.56 bits per heavy atom. The van der Waals surface area contributed by atoms with Gasteiger partial charge >= 0.3 is 5.97 Å². The molecule has 1 saturated heterocycles. The zero-order valence-electron chi connectivity index (χ0n) is 19.8. The fraction of sp³-hybridized carbons (Fsp3) is 0.577. The summed E-state index contributed by atoms with van der Waals surface area (Å²) in [5.74, 6) is -0.863.